The zero-order valence-corrected chi connectivity index (χ0v) is 16.0. The van der Waals surface area contributed by atoms with Crippen molar-refractivity contribution in [1.82, 2.24) is 10.2 Å². The number of hydrogen-bond donors (Lipinski definition) is 1. The maximum Gasteiger partial charge on any atom is 0.317 e. The average Bonchev–Trinajstić information content (AvgIpc) is 2.56. The van der Waals surface area contributed by atoms with E-state index in [9.17, 15) is 13.2 Å². The molecule has 0 aliphatic heterocycles. The van der Waals surface area contributed by atoms with Crippen molar-refractivity contribution < 1.29 is 17.4 Å². The molecule has 2 rings (SSSR count). The van der Waals surface area contributed by atoms with Crippen molar-refractivity contribution in [3.63, 3.8) is 0 Å². The van der Waals surface area contributed by atoms with E-state index >= 15 is 0 Å². The smallest absolute Gasteiger partial charge is 0.317 e. The van der Waals surface area contributed by atoms with Crippen LogP contribution >= 0.6 is 0 Å². The fourth-order valence-corrected chi connectivity index (χ4v) is 3.92. The lowest BCUT2D eigenvalue weighted by Gasteiger charge is -2.29. The minimum atomic E-state index is -3.68. The third-order valence-electron chi connectivity index (χ3n) is 4.65. The summed E-state index contributed by atoms with van der Waals surface area (Å²) in [5.74, 6) is 0.445. The summed E-state index contributed by atoms with van der Waals surface area (Å²) >= 11 is 0. The molecule has 0 heterocycles. The average molecular weight is 368 g/mol. The number of carbonyl (C=O) groups excluding carboxylic acids is 1. The third-order valence-corrected chi connectivity index (χ3v) is 5.98. The van der Waals surface area contributed by atoms with Crippen LogP contribution in [0.2, 0.25) is 0 Å². The van der Waals surface area contributed by atoms with E-state index in [1.54, 1.807) is 38.4 Å². The molecular formula is C18H28N2O4S. The Labute approximate surface area is 150 Å². The van der Waals surface area contributed by atoms with E-state index in [1.165, 1.54) is 4.90 Å². The first kappa shape index (κ1) is 19.7. The summed E-state index contributed by atoms with van der Waals surface area (Å²) in [6.45, 7) is 2.12. The number of nitrogens with zero attached hydrogens (tertiary/aromatic N) is 1. The van der Waals surface area contributed by atoms with E-state index in [0.717, 1.165) is 37.7 Å². The topological polar surface area (TPSA) is 75.7 Å². The Morgan fingerprint density at radius 2 is 1.76 bits per heavy atom. The number of rotatable bonds is 6. The molecule has 1 fully saturated rings. The minimum absolute atomic E-state index is 0.0593. The van der Waals surface area contributed by atoms with Crippen molar-refractivity contribution in [2.75, 3.05) is 20.7 Å². The summed E-state index contributed by atoms with van der Waals surface area (Å²) < 4.78 is 29.5. The molecule has 0 radical (unpaired) electrons. The Balaban J connectivity index is 1.72. The van der Waals surface area contributed by atoms with Gasteiger partial charge in [0.15, 0.2) is 0 Å². The Hall–Kier alpha value is -1.60. The maximum absolute atomic E-state index is 12.1. The van der Waals surface area contributed by atoms with Crippen LogP contribution in [-0.4, -0.2) is 46.1 Å². The molecule has 2 amide bonds. The summed E-state index contributed by atoms with van der Waals surface area (Å²) in [6.07, 6.45) is 4.53. The van der Waals surface area contributed by atoms with E-state index < -0.39 is 10.1 Å². The van der Waals surface area contributed by atoms with E-state index in [-0.39, 0.29) is 23.6 Å². The summed E-state index contributed by atoms with van der Waals surface area (Å²) in [5, 5.41) is 3.01. The van der Waals surface area contributed by atoms with Gasteiger partial charge in [0.1, 0.15) is 0 Å². The van der Waals surface area contributed by atoms with Crippen molar-refractivity contribution in [1.29, 1.82) is 0 Å². The van der Waals surface area contributed by atoms with Gasteiger partial charge in [0.05, 0.1) is 11.5 Å². The maximum atomic E-state index is 12.1. The van der Waals surface area contributed by atoms with Crippen LogP contribution in [0.25, 0.3) is 0 Å². The molecule has 1 aromatic carbocycles. The first-order valence-corrected chi connectivity index (χ1v) is 10.1. The molecule has 0 spiro atoms. The SMILES string of the molecule is Cc1ccc(S(=O)(=O)OCCC2CCC(NC(=O)N(C)C)CC2)cc1. The van der Waals surface area contributed by atoms with Crippen molar-refractivity contribution in [3.8, 4) is 0 Å². The standard InChI is InChI=1S/C18H28N2O4S/c1-14-4-10-17(11-5-14)25(22,23)24-13-12-15-6-8-16(9-7-15)19-18(21)20(2)3/h4-5,10-11,15-16H,6-9,12-13H2,1-3H3,(H,19,21). The van der Waals surface area contributed by atoms with Crippen LogP contribution in [-0.2, 0) is 14.3 Å². The van der Waals surface area contributed by atoms with Gasteiger partial charge in [0, 0.05) is 20.1 Å². The lowest BCUT2D eigenvalue weighted by molar-refractivity contribution is 0.198. The van der Waals surface area contributed by atoms with Crippen LogP contribution < -0.4 is 5.32 Å². The number of hydrogen-bond acceptors (Lipinski definition) is 4. The molecule has 25 heavy (non-hydrogen) atoms. The predicted octanol–water partition coefficient (Wildman–Crippen LogP) is 2.92. The van der Waals surface area contributed by atoms with Crippen molar-refractivity contribution >= 4 is 16.1 Å². The zero-order valence-electron chi connectivity index (χ0n) is 15.2. The molecule has 140 valence electrons. The molecule has 1 saturated carbocycles. The van der Waals surface area contributed by atoms with Crippen LogP contribution in [0.15, 0.2) is 29.2 Å². The van der Waals surface area contributed by atoms with Gasteiger partial charge in [0.2, 0.25) is 0 Å². The molecule has 0 saturated heterocycles. The lowest BCUT2D eigenvalue weighted by Crippen LogP contribution is -2.43. The van der Waals surface area contributed by atoms with Gasteiger partial charge in [-0.2, -0.15) is 8.42 Å². The Kier molecular flexibility index (Phi) is 6.84. The second-order valence-electron chi connectivity index (χ2n) is 6.94. The van der Waals surface area contributed by atoms with E-state index in [0.29, 0.717) is 5.92 Å². The predicted molar refractivity (Wildman–Crippen MR) is 96.9 cm³/mol. The molecule has 1 aliphatic rings. The third kappa shape index (κ3) is 6.01. The highest BCUT2D eigenvalue weighted by molar-refractivity contribution is 7.86. The highest BCUT2D eigenvalue weighted by Crippen LogP contribution is 2.27. The fourth-order valence-electron chi connectivity index (χ4n) is 3.00. The van der Waals surface area contributed by atoms with Crippen LogP contribution in [0.1, 0.15) is 37.7 Å². The number of amides is 2. The van der Waals surface area contributed by atoms with Crippen LogP contribution in [0.4, 0.5) is 4.79 Å². The number of carbonyl (C=O) groups is 1. The highest BCUT2D eigenvalue weighted by atomic mass is 32.2. The molecule has 6 nitrogen and oxygen atoms in total. The van der Waals surface area contributed by atoms with E-state index in [2.05, 4.69) is 5.32 Å². The number of aryl methyl sites for hydroxylation is 1. The Morgan fingerprint density at radius 3 is 2.32 bits per heavy atom. The van der Waals surface area contributed by atoms with Crippen molar-refractivity contribution in [2.24, 2.45) is 5.92 Å². The first-order chi connectivity index (χ1) is 11.8. The summed E-state index contributed by atoms with van der Waals surface area (Å²) in [6, 6.07) is 6.82. The highest BCUT2D eigenvalue weighted by Gasteiger charge is 2.23. The molecule has 0 atom stereocenters. The second kappa shape index (κ2) is 8.67. The number of benzene rings is 1. The molecule has 1 N–H and O–H groups in total. The molecule has 0 unspecified atom stereocenters. The molecule has 1 aromatic rings. The van der Waals surface area contributed by atoms with Gasteiger partial charge in [0.25, 0.3) is 10.1 Å². The molecule has 0 aromatic heterocycles. The number of urea groups is 1. The largest absolute Gasteiger partial charge is 0.335 e. The molecule has 7 heteroatoms. The van der Waals surface area contributed by atoms with Gasteiger partial charge < -0.3 is 10.2 Å². The van der Waals surface area contributed by atoms with Gasteiger partial charge in [-0.25, -0.2) is 4.79 Å². The monoisotopic (exact) mass is 368 g/mol. The quantitative estimate of drug-likeness (QED) is 0.784. The second-order valence-corrected chi connectivity index (χ2v) is 8.55. The normalized spacial score (nSPS) is 20.9. The van der Waals surface area contributed by atoms with E-state index in [4.69, 9.17) is 4.18 Å². The van der Waals surface area contributed by atoms with Gasteiger partial charge in [-0.3, -0.25) is 4.18 Å². The summed E-state index contributed by atoms with van der Waals surface area (Å²) in [7, 11) is -0.219. The summed E-state index contributed by atoms with van der Waals surface area (Å²) in [5.41, 5.74) is 1.01. The van der Waals surface area contributed by atoms with Crippen molar-refractivity contribution in [2.45, 2.75) is 50.0 Å². The van der Waals surface area contributed by atoms with Crippen molar-refractivity contribution in [3.05, 3.63) is 29.8 Å². The zero-order chi connectivity index (χ0) is 18.4. The summed E-state index contributed by atoms with van der Waals surface area (Å²) in [4.78, 5) is 13.4. The molecule has 1 aliphatic carbocycles. The first-order valence-electron chi connectivity index (χ1n) is 8.72. The van der Waals surface area contributed by atoms with Gasteiger partial charge >= 0.3 is 6.03 Å². The molecular weight excluding hydrogens is 340 g/mol. The van der Waals surface area contributed by atoms with Crippen LogP contribution in [0.3, 0.4) is 0 Å². The van der Waals surface area contributed by atoms with Gasteiger partial charge in [-0.15, -0.1) is 0 Å². The molecule has 0 bridgehead atoms. The lowest BCUT2D eigenvalue weighted by atomic mass is 9.84. The van der Waals surface area contributed by atoms with Crippen LogP contribution in [0.5, 0.6) is 0 Å². The number of nitrogens with one attached hydrogen (secondary N) is 1. The van der Waals surface area contributed by atoms with Gasteiger partial charge in [-0.1, -0.05) is 17.7 Å². The van der Waals surface area contributed by atoms with Crippen LogP contribution in [0, 0.1) is 12.8 Å². The minimum Gasteiger partial charge on any atom is -0.335 e. The Bertz CT molecular complexity index is 663. The fraction of sp³-hybridized carbons (Fsp3) is 0.611. The Morgan fingerprint density at radius 1 is 1.16 bits per heavy atom. The van der Waals surface area contributed by atoms with Gasteiger partial charge in [-0.05, 0) is 57.1 Å². The van der Waals surface area contributed by atoms with E-state index in [1.807, 2.05) is 6.92 Å².